The van der Waals surface area contributed by atoms with E-state index in [1.165, 1.54) is 12.3 Å². The van der Waals surface area contributed by atoms with Crippen LogP contribution in [0.4, 0.5) is 0 Å². The summed E-state index contributed by atoms with van der Waals surface area (Å²) in [6.07, 6.45) is 4.69. The molecule has 25 heavy (non-hydrogen) atoms. The van der Waals surface area contributed by atoms with Gasteiger partial charge in [0.15, 0.2) is 0 Å². The van der Waals surface area contributed by atoms with Crippen LogP contribution < -0.4 is 15.4 Å². The maximum Gasteiger partial charge on any atom is 0.252 e. The average molecular weight is 339 g/mol. The first-order chi connectivity index (χ1) is 12.1. The van der Waals surface area contributed by atoms with E-state index in [1.54, 1.807) is 25.3 Å². The van der Waals surface area contributed by atoms with E-state index in [2.05, 4.69) is 15.6 Å². The van der Waals surface area contributed by atoms with Crippen molar-refractivity contribution in [2.24, 2.45) is 0 Å². The van der Waals surface area contributed by atoms with Crippen LogP contribution in [-0.4, -0.2) is 37.0 Å². The smallest absolute Gasteiger partial charge is 0.252 e. The van der Waals surface area contributed by atoms with Crippen LogP contribution in [0, 0.1) is 6.92 Å². The Morgan fingerprint density at radius 3 is 2.44 bits per heavy atom. The largest absolute Gasteiger partial charge is 0.497 e. The van der Waals surface area contributed by atoms with Gasteiger partial charge in [0.25, 0.3) is 5.91 Å². The summed E-state index contributed by atoms with van der Waals surface area (Å²) in [6.45, 7) is 2.54. The average Bonchev–Trinajstić information content (AvgIpc) is 2.64. The second-order valence-electron chi connectivity index (χ2n) is 5.34. The lowest BCUT2D eigenvalue weighted by molar-refractivity contribution is -0.116. The standard InChI is InChI=1S/C19H21N3O3/c1-14-3-7-16(13-22-14)19(24)21-12-11-20-18(23)10-6-15-4-8-17(25-2)9-5-15/h3-10,13H,11-12H2,1-2H3,(H,20,23)(H,21,24)/b10-6+. The van der Waals surface area contributed by atoms with Crippen molar-refractivity contribution >= 4 is 17.9 Å². The van der Waals surface area contributed by atoms with Crippen LogP contribution in [0.25, 0.3) is 6.08 Å². The minimum absolute atomic E-state index is 0.212. The van der Waals surface area contributed by atoms with E-state index in [0.717, 1.165) is 17.0 Å². The Kier molecular flexibility index (Phi) is 6.71. The topological polar surface area (TPSA) is 80.3 Å². The van der Waals surface area contributed by atoms with E-state index in [9.17, 15) is 9.59 Å². The number of hydrogen-bond donors (Lipinski definition) is 2. The number of nitrogens with zero attached hydrogens (tertiary/aromatic N) is 1. The molecule has 0 radical (unpaired) electrons. The third-order valence-electron chi connectivity index (χ3n) is 3.43. The van der Waals surface area contributed by atoms with Gasteiger partial charge in [0, 0.05) is 31.1 Å². The second-order valence-corrected chi connectivity index (χ2v) is 5.34. The number of nitrogens with one attached hydrogen (secondary N) is 2. The van der Waals surface area contributed by atoms with Gasteiger partial charge < -0.3 is 15.4 Å². The number of amides is 2. The first-order valence-corrected chi connectivity index (χ1v) is 7.89. The van der Waals surface area contributed by atoms with Gasteiger partial charge in [-0.3, -0.25) is 14.6 Å². The lowest BCUT2D eigenvalue weighted by Gasteiger charge is -2.06. The molecule has 0 aliphatic carbocycles. The zero-order valence-electron chi connectivity index (χ0n) is 14.3. The van der Waals surface area contributed by atoms with Gasteiger partial charge >= 0.3 is 0 Å². The number of rotatable bonds is 7. The third-order valence-corrected chi connectivity index (χ3v) is 3.43. The lowest BCUT2D eigenvalue weighted by Crippen LogP contribution is -2.34. The van der Waals surface area contributed by atoms with Crippen molar-refractivity contribution in [2.45, 2.75) is 6.92 Å². The summed E-state index contributed by atoms with van der Waals surface area (Å²) in [4.78, 5) is 27.7. The van der Waals surface area contributed by atoms with Crippen LogP contribution in [0.15, 0.2) is 48.7 Å². The van der Waals surface area contributed by atoms with Crippen molar-refractivity contribution in [1.82, 2.24) is 15.6 Å². The molecular formula is C19H21N3O3. The number of carbonyl (C=O) groups is 2. The van der Waals surface area contributed by atoms with Gasteiger partial charge in [0.05, 0.1) is 12.7 Å². The summed E-state index contributed by atoms with van der Waals surface area (Å²) in [5, 5.41) is 5.44. The molecule has 1 aromatic heterocycles. The van der Waals surface area contributed by atoms with Crippen molar-refractivity contribution in [1.29, 1.82) is 0 Å². The molecule has 0 atom stereocenters. The normalized spacial score (nSPS) is 10.5. The van der Waals surface area contributed by atoms with Crippen molar-refractivity contribution in [2.75, 3.05) is 20.2 Å². The fraction of sp³-hybridized carbons (Fsp3) is 0.211. The molecule has 2 rings (SSSR count). The van der Waals surface area contributed by atoms with Gasteiger partial charge in [-0.15, -0.1) is 0 Å². The van der Waals surface area contributed by atoms with Crippen molar-refractivity contribution < 1.29 is 14.3 Å². The quantitative estimate of drug-likeness (QED) is 0.597. The number of aryl methyl sites for hydroxylation is 1. The van der Waals surface area contributed by atoms with E-state index in [0.29, 0.717) is 18.7 Å². The van der Waals surface area contributed by atoms with Crippen LogP contribution in [0.3, 0.4) is 0 Å². The summed E-state index contributed by atoms with van der Waals surface area (Å²) < 4.78 is 5.08. The molecule has 2 amide bonds. The van der Waals surface area contributed by atoms with Crippen LogP contribution in [-0.2, 0) is 4.79 Å². The molecule has 2 N–H and O–H groups in total. The molecule has 0 bridgehead atoms. The number of carbonyl (C=O) groups excluding carboxylic acids is 2. The van der Waals surface area contributed by atoms with Gasteiger partial charge in [-0.05, 0) is 42.8 Å². The zero-order valence-corrected chi connectivity index (χ0v) is 14.3. The highest BCUT2D eigenvalue weighted by atomic mass is 16.5. The molecule has 6 nitrogen and oxygen atoms in total. The fourth-order valence-electron chi connectivity index (χ4n) is 2.01. The van der Waals surface area contributed by atoms with E-state index in [1.807, 2.05) is 31.2 Å². The molecule has 1 aromatic carbocycles. The van der Waals surface area contributed by atoms with Gasteiger partial charge in [-0.1, -0.05) is 12.1 Å². The van der Waals surface area contributed by atoms with E-state index < -0.39 is 0 Å². The first kappa shape index (κ1) is 18.2. The Bertz CT molecular complexity index is 738. The minimum Gasteiger partial charge on any atom is -0.497 e. The summed E-state index contributed by atoms with van der Waals surface area (Å²) >= 11 is 0. The Balaban J connectivity index is 1.70. The molecule has 0 fully saturated rings. The monoisotopic (exact) mass is 339 g/mol. The van der Waals surface area contributed by atoms with Gasteiger partial charge in [0.1, 0.15) is 5.75 Å². The maximum absolute atomic E-state index is 11.9. The number of aromatic nitrogens is 1. The number of benzene rings is 1. The third kappa shape index (κ3) is 6.10. The number of ether oxygens (including phenoxy) is 1. The summed E-state index contributed by atoms with van der Waals surface area (Å²) in [7, 11) is 1.60. The molecular weight excluding hydrogens is 318 g/mol. The SMILES string of the molecule is COc1ccc(/C=C/C(=O)NCCNC(=O)c2ccc(C)nc2)cc1. The number of pyridine rings is 1. The number of hydrogen-bond acceptors (Lipinski definition) is 4. The first-order valence-electron chi connectivity index (χ1n) is 7.89. The second kappa shape index (κ2) is 9.22. The number of methoxy groups -OCH3 is 1. The molecule has 130 valence electrons. The Morgan fingerprint density at radius 1 is 1.08 bits per heavy atom. The molecule has 0 saturated carbocycles. The zero-order chi connectivity index (χ0) is 18.1. The van der Waals surface area contributed by atoms with Gasteiger partial charge in [-0.2, -0.15) is 0 Å². The Hall–Kier alpha value is -3.15. The predicted octanol–water partition coefficient (Wildman–Crippen LogP) is 1.96. The predicted molar refractivity (Wildman–Crippen MR) is 96.3 cm³/mol. The molecule has 2 aromatic rings. The highest BCUT2D eigenvalue weighted by Gasteiger charge is 2.04. The highest BCUT2D eigenvalue weighted by molar-refractivity contribution is 5.94. The Morgan fingerprint density at radius 2 is 1.80 bits per heavy atom. The van der Waals surface area contributed by atoms with Gasteiger partial charge in [0.2, 0.25) is 5.91 Å². The molecule has 6 heteroatoms. The highest BCUT2D eigenvalue weighted by Crippen LogP contribution is 2.12. The lowest BCUT2D eigenvalue weighted by atomic mass is 10.2. The van der Waals surface area contributed by atoms with E-state index >= 15 is 0 Å². The molecule has 0 aliphatic rings. The molecule has 0 unspecified atom stereocenters. The molecule has 0 aliphatic heterocycles. The van der Waals surface area contributed by atoms with E-state index in [-0.39, 0.29) is 11.8 Å². The summed E-state index contributed by atoms with van der Waals surface area (Å²) in [6, 6.07) is 10.9. The Labute approximate surface area is 146 Å². The maximum atomic E-state index is 11.9. The van der Waals surface area contributed by atoms with Crippen LogP contribution >= 0.6 is 0 Å². The van der Waals surface area contributed by atoms with Crippen LogP contribution in [0.5, 0.6) is 5.75 Å². The van der Waals surface area contributed by atoms with Crippen molar-refractivity contribution in [3.05, 3.63) is 65.5 Å². The van der Waals surface area contributed by atoms with Crippen LogP contribution in [0.2, 0.25) is 0 Å². The van der Waals surface area contributed by atoms with E-state index in [4.69, 9.17) is 4.74 Å². The minimum atomic E-state index is -0.220. The molecule has 0 spiro atoms. The van der Waals surface area contributed by atoms with Crippen molar-refractivity contribution in [3.8, 4) is 5.75 Å². The summed E-state index contributed by atoms with van der Waals surface area (Å²) in [5.41, 5.74) is 2.25. The fourth-order valence-corrected chi connectivity index (χ4v) is 2.01. The van der Waals surface area contributed by atoms with Crippen LogP contribution in [0.1, 0.15) is 21.6 Å². The van der Waals surface area contributed by atoms with Gasteiger partial charge in [-0.25, -0.2) is 0 Å². The van der Waals surface area contributed by atoms with Crippen molar-refractivity contribution in [3.63, 3.8) is 0 Å². The summed E-state index contributed by atoms with van der Waals surface area (Å²) in [5.74, 6) is 0.332. The molecule has 0 saturated heterocycles. The molecule has 1 heterocycles.